The number of rotatable bonds is 5. The average molecular weight is 499 g/mol. The first-order valence-corrected chi connectivity index (χ1v) is 16.4. The summed E-state index contributed by atoms with van der Waals surface area (Å²) in [6.07, 6.45) is 11.3. The predicted octanol–water partition coefficient (Wildman–Crippen LogP) is 7.65. The van der Waals surface area contributed by atoms with Gasteiger partial charge in [-0.05, 0) is 72.5 Å². The Kier molecular flexibility index (Phi) is 5.72. The van der Waals surface area contributed by atoms with Gasteiger partial charge in [0, 0.05) is 47.5 Å². The van der Waals surface area contributed by atoms with Crippen LogP contribution in [0.4, 0.5) is 5.69 Å². The van der Waals surface area contributed by atoms with Crippen LogP contribution in [0.3, 0.4) is 0 Å². The lowest BCUT2D eigenvalue weighted by Crippen LogP contribution is -2.44. The molecular formula is C30H38N4OSi. The summed E-state index contributed by atoms with van der Waals surface area (Å²) >= 11 is 0. The van der Waals surface area contributed by atoms with Crippen molar-refractivity contribution in [1.29, 1.82) is 0 Å². The van der Waals surface area contributed by atoms with E-state index in [0.717, 1.165) is 30.7 Å². The molecule has 1 saturated heterocycles. The smallest absolute Gasteiger partial charge is 0.192 e. The van der Waals surface area contributed by atoms with E-state index in [9.17, 15) is 0 Å². The standard InChI is InChI=1S/C30H38N4OSi/c1-30(2,3)36(4,5)35-25-11-12-34(19-25)24-13-23(16-31-18-24)21-9-10-22-17-32-29-27(26(22)14-21)15-28(33-29)20-7-6-8-20/h9-10,13-18,20,25H,6-8,11-12,19H2,1-5H3,(H,32,33). The van der Waals surface area contributed by atoms with E-state index in [4.69, 9.17) is 9.41 Å². The molecule has 4 aromatic rings. The lowest BCUT2D eigenvalue weighted by atomic mass is 9.83. The van der Waals surface area contributed by atoms with Crippen LogP contribution in [0.25, 0.3) is 32.9 Å². The molecule has 5 nitrogen and oxygen atoms in total. The highest BCUT2D eigenvalue weighted by atomic mass is 28.4. The molecule has 1 N–H and O–H groups in total. The Morgan fingerprint density at radius 3 is 2.56 bits per heavy atom. The van der Waals surface area contributed by atoms with Crippen molar-refractivity contribution in [1.82, 2.24) is 15.0 Å². The molecule has 2 aliphatic rings. The van der Waals surface area contributed by atoms with Gasteiger partial charge in [0.1, 0.15) is 5.65 Å². The molecular weight excluding hydrogens is 460 g/mol. The molecule has 6 rings (SSSR count). The molecule has 188 valence electrons. The second kappa shape index (κ2) is 8.70. The van der Waals surface area contributed by atoms with Gasteiger partial charge in [-0.2, -0.15) is 0 Å². The number of hydrogen-bond donors (Lipinski definition) is 1. The van der Waals surface area contributed by atoms with E-state index >= 15 is 0 Å². The van der Waals surface area contributed by atoms with Crippen molar-refractivity contribution < 1.29 is 4.43 Å². The second-order valence-electron chi connectivity index (χ2n) is 12.3. The first kappa shape index (κ1) is 23.7. The largest absolute Gasteiger partial charge is 0.412 e. The van der Waals surface area contributed by atoms with Crippen LogP contribution < -0.4 is 4.90 Å². The number of fused-ring (bicyclic) bond motifs is 3. The van der Waals surface area contributed by atoms with Gasteiger partial charge in [0.25, 0.3) is 0 Å². The summed E-state index contributed by atoms with van der Waals surface area (Å²) in [7, 11) is -1.77. The number of anilines is 1. The average Bonchev–Trinajstić information content (AvgIpc) is 3.44. The highest BCUT2D eigenvalue weighted by Gasteiger charge is 2.40. The van der Waals surface area contributed by atoms with Crippen LogP contribution in [0.5, 0.6) is 0 Å². The maximum Gasteiger partial charge on any atom is 0.192 e. The number of aromatic nitrogens is 3. The molecule has 0 amide bonds. The zero-order valence-corrected chi connectivity index (χ0v) is 23.3. The number of hydrogen-bond acceptors (Lipinski definition) is 4. The Bertz CT molecular complexity index is 1420. The minimum Gasteiger partial charge on any atom is -0.412 e. The van der Waals surface area contributed by atoms with Gasteiger partial charge in [-0.1, -0.05) is 39.3 Å². The van der Waals surface area contributed by atoms with Gasteiger partial charge < -0.3 is 14.3 Å². The molecule has 3 aromatic heterocycles. The molecule has 0 bridgehead atoms. The quantitative estimate of drug-likeness (QED) is 0.287. The molecule has 1 aliphatic carbocycles. The first-order chi connectivity index (χ1) is 17.2. The predicted molar refractivity (Wildman–Crippen MR) is 152 cm³/mol. The molecule has 0 radical (unpaired) electrons. The third-order valence-corrected chi connectivity index (χ3v) is 13.4. The Balaban J connectivity index is 1.27. The lowest BCUT2D eigenvalue weighted by molar-refractivity contribution is 0.202. The maximum absolute atomic E-state index is 6.72. The van der Waals surface area contributed by atoms with Crippen molar-refractivity contribution in [3.63, 3.8) is 0 Å². The van der Waals surface area contributed by atoms with Gasteiger partial charge in [-0.3, -0.25) is 4.98 Å². The van der Waals surface area contributed by atoms with Crippen LogP contribution in [0.1, 0.15) is 58.1 Å². The fourth-order valence-corrected chi connectivity index (χ4v) is 6.72. The number of aromatic amines is 1. The van der Waals surface area contributed by atoms with Crippen molar-refractivity contribution in [3.8, 4) is 11.1 Å². The van der Waals surface area contributed by atoms with Gasteiger partial charge in [-0.25, -0.2) is 4.98 Å². The summed E-state index contributed by atoms with van der Waals surface area (Å²) in [6, 6.07) is 11.3. The van der Waals surface area contributed by atoms with Crippen LogP contribution in [-0.2, 0) is 4.43 Å². The molecule has 1 unspecified atom stereocenters. The highest BCUT2D eigenvalue weighted by Crippen LogP contribution is 2.40. The molecule has 6 heteroatoms. The third-order valence-electron chi connectivity index (χ3n) is 8.87. The van der Waals surface area contributed by atoms with Gasteiger partial charge in [0.15, 0.2) is 8.32 Å². The SMILES string of the molecule is CC(C)(C)[Si](C)(C)OC1CCN(c2cncc(-c3ccc4cnc5[nH]c(C6CCC6)cc5c4c3)c2)C1. The van der Waals surface area contributed by atoms with E-state index in [0.29, 0.717) is 12.0 Å². The van der Waals surface area contributed by atoms with Crippen molar-refractivity contribution >= 4 is 35.8 Å². The van der Waals surface area contributed by atoms with Crippen LogP contribution in [0.2, 0.25) is 18.1 Å². The fraction of sp³-hybridized carbons (Fsp3) is 0.467. The molecule has 1 saturated carbocycles. The summed E-state index contributed by atoms with van der Waals surface area (Å²) in [6.45, 7) is 13.6. The van der Waals surface area contributed by atoms with E-state index in [1.165, 1.54) is 52.4 Å². The van der Waals surface area contributed by atoms with E-state index in [2.05, 4.69) is 79.1 Å². The molecule has 1 atom stereocenters. The summed E-state index contributed by atoms with van der Waals surface area (Å²) in [5.74, 6) is 0.670. The Hall–Kier alpha value is -2.70. The molecule has 4 heterocycles. The topological polar surface area (TPSA) is 54.0 Å². The Labute approximate surface area is 215 Å². The van der Waals surface area contributed by atoms with Crippen molar-refractivity contribution in [3.05, 3.63) is 54.6 Å². The maximum atomic E-state index is 6.72. The monoisotopic (exact) mass is 498 g/mol. The number of nitrogens with one attached hydrogen (secondary N) is 1. The fourth-order valence-electron chi connectivity index (χ4n) is 5.34. The lowest BCUT2D eigenvalue weighted by Gasteiger charge is -2.38. The number of pyridine rings is 2. The van der Waals surface area contributed by atoms with Gasteiger partial charge in [0.05, 0.1) is 18.0 Å². The van der Waals surface area contributed by atoms with E-state index in [1.54, 1.807) is 0 Å². The van der Waals surface area contributed by atoms with Crippen LogP contribution in [0, 0.1) is 0 Å². The van der Waals surface area contributed by atoms with Crippen molar-refractivity contribution in [2.75, 3.05) is 18.0 Å². The molecule has 1 aromatic carbocycles. The Morgan fingerprint density at radius 1 is 0.972 bits per heavy atom. The minimum atomic E-state index is -1.77. The van der Waals surface area contributed by atoms with Crippen molar-refractivity contribution in [2.45, 2.75) is 76.6 Å². The van der Waals surface area contributed by atoms with Gasteiger partial charge in [-0.15, -0.1) is 0 Å². The van der Waals surface area contributed by atoms with Gasteiger partial charge >= 0.3 is 0 Å². The van der Waals surface area contributed by atoms with E-state index < -0.39 is 8.32 Å². The van der Waals surface area contributed by atoms with Crippen LogP contribution in [0.15, 0.2) is 48.9 Å². The zero-order chi connectivity index (χ0) is 25.1. The van der Waals surface area contributed by atoms with Crippen molar-refractivity contribution in [2.24, 2.45) is 0 Å². The van der Waals surface area contributed by atoms with E-state index in [1.807, 2.05) is 18.6 Å². The van der Waals surface area contributed by atoms with Crippen LogP contribution >= 0.6 is 0 Å². The second-order valence-corrected chi connectivity index (χ2v) is 17.1. The number of nitrogens with zero attached hydrogens (tertiary/aromatic N) is 3. The highest BCUT2D eigenvalue weighted by molar-refractivity contribution is 6.74. The molecule has 2 fully saturated rings. The summed E-state index contributed by atoms with van der Waals surface area (Å²) < 4.78 is 6.72. The zero-order valence-electron chi connectivity index (χ0n) is 22.3. The summed E-state index contributed by atoms with van der Waals surface area (Å²) in [5.41, 5.74) is 5.88. The minimum absolute atomic E-state index is 0.233. The Morgan fingerprint density at radius 2 is 1.81 bits per heavy atom. The van der Waals surface area contributed by atoms with E-state index in [-0.39, 0.29) is 5.04 Å². The summed E-state index contributed by atoms with van der Waals surface area (Å²) in [4.78, 5) is 15.4. The first-order valence-electron chi connectivity index (χ1n) is 13.5. The number of H-pyrrole nitrogens is 1. The summed E-state index contributed by atoms with van der Waals surface area (Å²) in [5, 5.41) is 3.90. The molecule has 36 heavy (non-hydrogen) atoms. The normalized spacial score (nSPS) is 19.4. The van der Waals surface area contributed by atoms with Crippen LogP contribution in [-0.4, -0.2) is 42.5 Å². The molecule has 1 aliphatic heterocycles. The van der Waals surface area contributed by atoms with Gasteiger partial charge in [0.2, 0.25) is 0 Å². The number of benzene rings is 1. The molecule has 0 spiro atoms. The third kappa shape index (κ3) is 4.24.